The van der Waals surface area contributed by atoms with Gasteiger partial charge in [0.1, 0.15) is 0 Å². The van der Waals surface area contributed by atoms with Crippen molar-refractivity contribution in [3.05, 3.63) is 29.8 Å². The Hall–Kier alpha value is -1.34. The molecule has 0 spiro atoms. The van der Waals surface area contributed by atoms with Crippen molar-refractivity contribution >= 4 is 42.3 Å². The van der Waals surface area contributed by atoms with Crippen LogP contribution in [0.15, 0.2) is 24.3 Å². The third-order valence-corrected chi connectivity index (χ3v) is 5.90. The number of piperazine rings is 1. The Bertz CT molecular complexity index is 637. The lowest BCUT2D eigenvalue weighted by Crippen LogP contribution is -2.55. The minimum absolute atomic E-state index is 0. The zero-order valence-electron chi connectivity index (χ0n) is 17.8. The van der Waals surface area contributed by atoms with Crippen molar-refractivity contribution in [3.63, 3.8) is 0 Å². The highest BCUT2D eigenvalue weighted by Crippen LogP contribution is 2.28. The molecule has 1 fully saturated rings. The van der Waals surface area contributed by atoms with Gasteiger partial charge >= 0.3 is 0 Å². The number of para-hydroxylation sites is 1. The number of amides is 2. The molecule has 2 amide bonds. The van der Waals surface area contributed by atoms with Crippen LogP contribution >= 0.6 is 24.8 Å². The number of anilines is 1. The summed E-state index contributed by atoms with van der Waals surface area (Å²) in [6, 6.07) is 7.89. The standard InChI is InChI=1S/C21H34N4O2.2ClH/c1-4-17-9-7-8-10-18(17)23-19(26)15-24-11-13-25(14-12-24)20(27)21(5-2,6-3)16-22;;/h7-10H,4-6,11-16,22H2,1-3H3,(H,23,26);2*1H. The van der Waals surface area contributed by atoms with Gasteiger partial charge in [0.15, 0.2) is 0 Å². The van der Waals surface area contributed by atoms with Gasteiger partial charge in [0.25, 0.3) is 0 Å². The van der Waals surface area contributed by atoms with E-state index in [0.29, 0.717) is 39.3 Å². The number of rotatable bonds is 8. The Kier molecular flexibility index (Phi) is 12.5. The molecule has 0 radical (unpaired) electrons. The van der Waals surface area contributed by atoms with Crippen LogP contribution in [0, 0.1) is 5.41 Å². The quantitative estimate of drug-likeness (QED) is 0.643. The van der Waals surface area contributed by atoms with Crippen LogP contribution in [-0.2, 0) is 16.0 Å². The summed E-state index contributed by atoms with van der Waals surface area (Å²) in [5.74, 6) is 0.157. The van der Waals surface area contributed by atoms with Crippen LogP contribution in [0.2, 0.25) is 0 Å². The van der Waals surface area contributed by atoms with Gasteiger partial charge in [-0.3, -0.25) is 14.5 Å². The molecule has 0 aliphatic carbocycles. The summed E-state index contributed by atoms with van der Waals surface area (Å²) in [5.41, 5.74) is 7.50. The average Bonchev–Trinajstić information content (AvgIpc) is 2.70. The molecule has 29 heavy (non-hydrogen) atoms. The van der Waals surface area contributed by atoms with Crippen molar-refractivity contribution in [3.8, 4) is 0 Å². The molecule has 1 aliphatic rings. The SMILES string of the molecule is CCc1ccccc1NC(=O)CN1CCN(C(=O)C(CC)(CC)CN)CC1.Cl.Cl. The summed E-state index contributed by atoms with van der Waals surface area (Å²) >= 11 is 0. The van der Waals surface area contributed by atoms with E-state index in [4.69, 9.17) is 5.73 Å². The van der Waals surface area contributed by atoms with E-state index in [-0.39, 0.29) is 36.6 Å². The fourth-order valence-electron chi connectivity index (χ4n) is 3.72. The average molecular weight is 447 g/mol. The molecule has 166 valence electrons. The molecule has 6 nitrogen and oxygen atoms in total. The van der Waals surface area contributed by atoms with Crippen LogP contribution < -0.4 is 11.1 Å². The number of aryl methyl sites for hydroxylation is 1. The molecule has 2 rings (SSSR count). The molecule has 1 saturated heterocycles. The van der Waals surface area contributed by atoms with Crippen LogP contribution in [0.3, 0.4) is 0 Å². The number of halogens is 2. The van der Waals surface area contributed by atoms with E-state index < -0.39 is 5.41 Å². The van der Waals surface area contributed by atoms with Gasteiger partial charge in [-0.15, -0.1) is 24.8 Å². The Morgan fingerprint density at radius 1 is 1.03 bits per heavy atom. The number of nitrogens with zero attached hydrogens (tertiary/aromatic N) is 2. The number of hydrogen-bond donors (Lipinski definition) is 2. The first-order valence-corrected chi connectivity index (χ1v) is 10.1. The zero-order chi connectivity index (χ0) is 19.9. The normalized spacial score (nSPS) is 14.6. The van der Waals surface area contributed by atoms with Crippen LogP contribution in [0.25, 0.3) is 0 Å². The van der Waals surface area contributed by atoms with Crippen molar-refractivity contribution < 1.29 is 9.59 Å². The molecule has 0 unspecified atom stereocenters. The maximum absolute atomic E-state index is 12.9. The Morgan fingerprint density at radius 3 is 2.14 bits per heavy atom. The van der Waals surface area contributed by atoms with Crippen molar-refractivity contribution in [2.45, 2.75) is 40.0 Å². The lowest BCUT2D eigenvalue weighted by Gasteiger charge is -2.40. The van der Waals surface area contributed by atoms with Gasteiger partial charge in [-0.25, -0.2) is 0 Å². The molecule has 3 N–H and O–H groups in total. The Labute approximate surface area is 187 Å². The molecular weight excluding hydrogens is 411 g/mol. The summed E-state index contributed by atoms with van der Waals surface area (Å²) < 4.78 is 0. The molecule has 0 saturated carbocycles. The summed E-state index contributed by atoms with van der Waals surface area (Å²) in [5, 5.41) is 3.02. The lowest BCUT2D eigenvalue weighted by molar-refractivity contribution is -0.144. The van der Waals surface area contributed by atoms with Gasteiger partial charge in [0.05, 0.1) is 12.0 Å². The number of nitrogens with two attached hydrogens (primary N) is 1. The molecule has 1 heterocycles. The molecule has 0 aromatic heterocycles. The third kappa shape index (κ3) is 6.85. The van der Waals surface area contributed by atoms with Crippen LogP contribution in [0.1, 0.15) is 39.2 Å². The molecular formula is C21H36Cl2N4O2. The predicted octanol–water partition coefficient (Wildman–Crippen LogP) is 2.94. The molecule has 0 bridgehead atoms. The topological polar surface area (TPSA) is 78.7 Å². The second-order valence-corrected chi connectivity index (χ2v) is 7.32. The minimum atomic E-state index is -0.441. The lowest BCUT2D eigenvalue weighted by atomic mass is 9.81. The number of hydrogen-bond acceptors (Lipinski definition) is 4. The van der Waals surface area contributed by atoms with E-state index in [0.717, 1.165) is 30.5 Å². The first-order chi connectivity index (χ1) is 13.0. The van der Waals surface area contributed by atoms with E-state index >= 15 is 0 Å². The van der Waals surface area contributed by atoms with Gasteiger partial charge < -0.3 is 16.0 Å². The highest BCUT2D eigenvalue weighted by atomic mass is 35.5. The van der Waals surface area contributed by atoms with Crippen LogP contribution in [0.4, 0.5) is 5.69 Å². The second-order valence-electron chi connectivity index (χ2n) is 7.32. The smallest absolute Gasteiger partial charge is 0.238 e. The fraction of sp³-hybridized carbons (Fsp3) is 0.619. The largest absolute Gasteiger partial charge is 0.340 e. The Balaban J connectivity index is 0.00000392. The van der Waals surface area contributed by atoms with Gasteiger partial charge in [-0.2, -0.15) is 0 Å². The van der Waals surface area contributed by atoms with E-state index in [9.17, 15) is 9.59 Å². The van der Waals surface area contributed by atoms with E-state index in [1.54, 1.807) is 0 Å². The predicted molar refractivity (Wildman–Crippen MR) is 124 cm³/mol. The van der Waals surface area contributed by atoms with Crippen molar-refractivity contribution in [1.82, 2.24) is 9.80 Å². The first kappa shape index (κ1) is 27.7. The number of carbonyl (C=O) groups is 2. The molecule has 1 aromatic carbocycles. The molecule has 1 aliphatic heterocycles. The van der Waals surface area contributed by atoms with Crippen molar-refractivity contribution in [1.29, 1.82) is 0 Å². The van der Waals surface area contributed by atoms with Gasteiger partial charge in [-0.05, 0) is 30.9 Å². The maximum atomic E-state index is 12.9. The van der Waals surface area contributed by atoms with Gasteiger partial charge in [0, 0.05) is 38.4 Å². The third-order valence-electron chi connectivity index (χ3n) is 5.90. The monoisotopic (exact) mass is 446 g/mol. The second kappa shape index (κ2) is 13.1. The highest BCUT2D eigenvalue weighted by molar-refractivity contribution is 5.93. The van der Waals surface area contributed by atoms with Crippen molar-refractivity contribution in [2.24, 2.45) is 11.1 Å². The van der Waals surface area contributed by atoms with E-state index in [2.05, 4.69) is 17.1 Å². The minimum Gasteiger partial charge on any atom is -0.340 e. The number of nitrogens with one attached hydrogen (secondary N) is 1. The summed E-state index contributed by atoms with van der Waals surface area (Å²) in [6.45, 7) is 9.60. The van der Waals surface area contributed by atoms with Gasteiger partial charge in [0.2, 0.25) is 11.8 Å². The van der Waals surface area contributed by atoms with Crippen LogP contribution in [-0.4, -0.2) is 60.9 Å². The van der Waals surface area contributed by atoms with E-state index in [1.807, 2.05) is 43.0 Å². The van der Waals surface area contributed by atoms with Crippen LogP contribution in [0.5, 0.6) is 0 Å². The van der Waals surface area contributed by atoms with Gasteiger partial charge in [-0.1, -0.05) is 39.0 Å². The molecule has 0 atom stereocenters. The van der Waals surface area contributed by atoms with E-state index in [1.165, 1.54) is 0 Å². The molecule has 1 aromatic rings. The highest BCUT2D eigenvalue weighted by Gasteiger charge is 2.37. The summed E-state index contributed by atoms with van der Waals surface area (Å²) in [6.07, 6.45) is 2.41. The number of carbonyl (C=O) groups excluding carboxylic acids is 2. The zero-order valence-corrected chi connectivity index (χ0v) is 19.4. The fourth-order valence-corrected chi connectivity index (χ4v) is 3.72. The Morgan fingerprint density at radius 2 is 1.62 bits per heavy atom. The summed E-state index contributed by atoms with van der Waals surface area (Å²) in [7, 11) is 0. The molecule has 8 heteroatoms. The number of benzene rings is 1. The summed E-state index contributed by atoms with van der Waals surface area (Å²) in [4.78, 5) is 29.3. The first-order valence-electron chi connectivity index (χ1n) is 10.1. The maximum Gasteiger partial charge on any atom is 0.238 e. The van der Waals surface area contributed by atoms with Crippen molar-refractivity contribution in [2.75, 3.05) is 44.6 Å².